The Kier molecular flexibility index (Phi) is 7.10. The number of amides is 1. The Hall–Kier alpha value is -2.24. The van der Waals surface area contributed by atoms with Crippen LogP contribution in [0.25, 0.3) is 0 Å². The Morgan fingerprint density at radius 3 is 2.32 bits per heavy atom. The van der Waals surface area contributed by atoms with Crippen molar-refractivity contribution < 1.29 is 14.3 Å². The number of halogens is 1. The molecule has 4 nitrogen and oxygen atoms in total. The summed E-state index contributed by atoms with van der Waals surface area (Å²) in [4.78, 5) is 12.0. The van der Waals surface area contributed by atoms with Crippen LogP contribution in [0.4, 0.5) is 10.1 Å². The number of nitrogens with one attached hydrogen (secondary N) is 2. The van der Waals surface area contributed by atoms with E-state index in [0.29, 0.717) is 18.5 Å². The normalized spacial score (nSPS) is 14.6. The highest BCUT2D eigenvalue weighted by Gasteiger charge is 2.16. The largest absolute Gasteiger partial charge is 0.388 e. The van der Waals surface area contributed by atoms with Crippen LogP contribution in [0.2, 0.25) is 0 Å². The van der Waals surface area contributed by atoms with Crippen molar-refractivity contribution in [1.82, 2.24) is 5.32 Å². The highest BCUT2D eigenvalue weighted by atomic mass is 19.1. The number of anilines is 1. The lowest BCUT2D eigenvalue weighted by atomic mass is 10.0. The molecule has 0 aliphatic rings. The first-order chi connectivity index (χ1) is 11.9. The first-order valence-electron chi connectivity index (χ1n) is 8.48. The van der Waals surface area contributed by atoms with Gasteiger partial charge in [0.25, 0.3) is 0 Å². The number of hydrogen-bond acceptors (Lipinski definition) is 3. The molecule has 2 rings (SSSR count). The molecule has 0 radical (unpaired) electrons. The van der Waals surface area contributed by atoms with E-state index in [4.69, 9.17) is 0 Å². The number of carbonyl (C=O) groups is 1. The van der Waals surface area contributed by atoms with Crippen LogP contribution in [-0.4, -0.2) is 23.1 Å². The lowest BCUT2D eigenvalue weighted by Crippen LogP contribution is -2.37. The summed E-state index contributed by atoms with van der Waals surface area (Å²) in [5, 5.41) is 16.3. The number of hydrogen-bond donors (Lipinski definition) is 3. The zero-order chi connectivity index (χ0) is 18.2. The van der Waals surface area contributed by atoms with Gasteiger partial charge in [-0.15, -0.1) is 0 Å². The molecular formula is C20H25FN2O2. The third kappa shape index (κ3) is 6.64. The topological polar surface area (TPSA) is 61.4 Å². The van der Waals surface area contributed by atoms with E-state index >= 15 is 0 Å². The molecule has 1 amide bonds. The van der Waals surface area contributed by atoms with E-state index in [9.17, 15) is 14.3 Å². The second kappa shape index (κ2) is 9.30. The molecule has 0 heterocycles. The predicted octanol–water partition coefficient (Wildman–Crippen LogP) is 3.64. The second-order valence-electron chi connectivity index (χ2n) is 6.39. The zero-order valence-electron chi connectivity index (χ0n) is 14.6. The van der Waals surface area contributed by atoms with Crippen molar-refractivity contribution in [3.63, 3.8) is 0 Å². The Labute approximate surface area is 148 Å². The number of benzene rings is 2. The molecule has 3 unspecified atom stereocenters. The van der Waals surface area contributed by atoms with Crippen LogP contribution >= 0.6 is 0 Å². The Morgan fingerprint density at radius 2 is 1.68 bits per heavy atom. The lowest BCUT2D eigenvalue weighted by molar-refractivity contribution is -0.116. The van der Waals surface area contributed by atoms with Crippen LogP contribution in [0.15, 0.2) is 54.6 Å². The fourth-order valence-corrected chi connectivity index (χ4v) is 2.78. The van der Waals surface area contributed by atoms with E-state index < -0.39 is 6.10 Å². The van der Waals surface area contributed by atoms with Gasteiger partial charge in [-0.3, -0.25) is 4.79 Å². The Morgan fingerprint density at radius 1 is 1.04 bits per heavy atom. The van der Waals surface area contributed by atoms with Gasteiger partial charge in [-0.1, -0.05) is 30.3 Å². The molecule has 3 atom stereocenters. The van der Waals surface area contributed by atoms with Gasteiger partial charge < -0.3 is 15.7 Å². The average Bonchev–Trinajstić information content (AvgIpc) is 2.57. The maximum atomic E-state index is 12.9. The molecule has 0 saturated heterocycles. The molecule has 25 heavy (non-hydrogen) atoms. The third-order valence-electron chi connectivity index (χ3n) is 3.95. The molecule has 0 bridgehead atoms. The van der Waals surface area contributed by atoms with Gasteiger partial charge >= 0.3 is 0 Å². The molecule has 2 aromatic carbocycles. The van der Waals surface area contributed by atoms with Crippen LogP contribution in [0, 0.1) is 5.82 Å². The molecule has 3 N–H and O–H groups in total. The minimum atomic E-state index is -0.538. The van der Waals surface area contributed by atoms with Crippen LogP contribution in [0.1, 0.15) is 38.4 Å². The van der Waals surface area contributed by atoms with Crippen LogP contribution in [0.3, 0.4) is 0 Å². The summed E-state index contributed by atoms with van der Waals surface area (Å²) in [6.45, 7) is 3.91. The molecule has 2 aromatic rings. The standard InChI is InChI=1S/C20H25FN2O2/c1-14(12-19(24)16-6-4-3-5-7-16)22-15(2)13-20(25)23-18-10-8-17(21)9-11-18/h3-11,14-15,19,22,24H,12-13H2,1-2H3,(H,23,25). The van der Waals surface area contributed by atoms with Gasteiger partial charge in [0.1, 0.15) is 5.82 Å². The SMILES string of the molecule is CC(CC(=O)Nc1ccc(F)cc1)NC(C)CC(O)c1ccccc1. The van der Waals surface area contributed by atoms with E-state index in [1.165, 1.54) is 24.3 Å². The average molecular weight is 344 g/mol. The van der Waals surface area contributed by atoms with Gasteiger partial charge in [-0.2, -0.15) is 0 Å². The zero-order valence-corrected chi connectivity index (χ0v) is 14.6. The van der Waals surface area contributed by atoms with Gasteiger partial charge in [-0.05, 0) is 50.1 Å². The van der Waals surface area contributed by atoms with Gasteiger partial charge in [-0.25, -0.2) is 4.39 Å². The second-order valence-corrected chi connectivity index (χ2v) is 6.39. The first kappa shape index (κ1) is 19.1. The predicted molar refractivity (Wildman–Crippen MR) is 97.7 cm³/mol. The van der Waals surface area contributed by atoms with Crippen molar-refractivity contribution in [2.75, 3.05) is 5.32 Å². The van der Waals surface area contributed by atoms with Crippen LogP contribution < -0.4 is 10.6 Å². The minimum Gasteiger partial charge on any atom is -0.388 e. The highest BCUT2D eigenvalue weighted by molar-refractivity contribution is 5.91. The molecule has 0 saturated carbocycles. The van der Waals surface area contributed by atoms with Gasteiger partial charge in [0, 0.05) is 24.2 Å². The summed E-state index contributed by atoms with van der Waals surface area (Å²) < 4.78 is 12.9. The van der Waals surface area contributed by atoms with Crippen molar-refractivity contribution in [1.29, 1.82) is 0 Å². The first-order valence-corrected chi connectivity index (χ1v) is 8.48. The summed E-state index contributed by atoms with van der Waals surface area (Å²) in [7, 11) is 0. The van der Waals surface area contributed by atoms with E-state index in [1.807, 2.05) is 44.2 Å². The smallest absolute Gasteiger partial charge is 0.225 e. The van der Waals surface area contributed by atoms with Crippen molar-refractivity contribution in [3.05, 3.63) is 66.0 Å². The van der Waals surface area contributed by atoms with E-state index in [0.717, 1.165) is 5.56 Å². The maximum Gasteiger partial charge on any atom is 0.225 e. The molecule has 5 heteroatoms. The molecular weight excluding hydrogens is 319 g/mol. The van der Waals surface area contributed by atoms with E-state index in [-0.39, 0.29) is 23.8 Å². The minimum absolute atomic E-state index is 0.0431. The molecule has 0 aliphatic heterocycles. The molecule has 134 valence electrons. The molecule has 0 aromatic heterocycles. The third-order valence-corrected chi connectivity index (χ3v) is 3.95. The van der Waals surface area contributed by atoms with Crippen molar-refractivity contribution in [3.8, 4) is 0 Å². The number of carbonyl (C=O) groups excluding carboxylic acids is 1. The summed E-state index contributed by atoms with van der Waals surface area (Å²) in [5.74, 6) is -0.471. The number of aliphatic hydroxyl groups is 1. The van der Waals surface area contributed by atoms with Crippen molar-refractivity contribution >= 4 is 11.6 Å². The fraction of sp³-hybridized carbons (Fsp3) is 0.350. The molecule has 0 aliphatic carbocycles. The lowest BCUT2D eigenvalue weighted by Gasteiger charge is -2.22. The van der Waals surface area contributed by atoms with Crippen LogP contribution in [-0.2, 0) is 4.79 Å². The van der Waals surface area contributed by atoms with Crippen molar-refractivity contribution in [2.45, 2.75) is 44.9 Å². The number of rotatable bonds is 8. The van der Waals surface area contributed by atoms with Crippen molar-refractivity contribution in [2.24, 2.45) is 0 Å². The number of aliphatic hydroxyl groups excluding tert-OH is 1. The fourth-order valence-electron chi connectivity index (χ4n) is 2.78. The van der Waals surface area contributed by atoms with E-state index in [1.54, 1.807) is 0 Å². The van der Waals surface area contributed by atoms with Gasteiger partial charge in [0.2, 0.25) is 5.91 Å². The summed E-state index contributed by atoms with van der Waals surface area (Å²) in [5.41, 5.74) is 1.46. The van der Waals surface area contributed by atoms with E-state index in [2.05, 4.69) is 10.6 Å². The monoisotopic (exact) mass is 344 g/mol. The molecule has 0 spiro atoms. The van der Waals surface area contributed by atoms with Gasteiger partial charge in [0.05, 0.1) is 6.10 Å². The van der Waals surface area contributed by atoms with Gasteiger partial charge in [0.15, 0.2) is 0 Å². The Bertz CT molecular complexity index is 661. The molecule has 0 fully saturated rings. The summed E-state index contributed by atoms with van der Waals surface area (Å²) >= 11 is 0. The highest BCUT2D eigenvalue weighted by Crippen LogP contribution is 2.18. The summed E-state index contributed by atoms with van der Waals surface area (Å²) in [6, 6.07) is 15.2. The quantitative estimate of drug-likeness (QED) is 0.685. The maximum absolute atomic E-state index is 12.9. The van der Waals surface area contributed by atoms with Crippen LogP contribution in [0.5, 0.6) is 0 Å². The Balaban J connectivity index is 1.75. The summed E-state index contributed by atoms with van der Waals surface area (Å²) in [6.07, 6.45) is 0.320.